The van der Waals surface area contributed by atoms with Gasteiger partial charge >= 0.3 is 0 Å². The van der Waals surface area contributed by atoms with Crippen LogP contribution in [0.4, 0.5) is 14.7 Å². The monoisotopic (exact) mass is 348 g/mol. The average Bonchev–Trinajstić information content (AvgIpc) is 3.28. The minimum Gasteiger partial charge on any atom is -0.387 e. The molecule has 1 fully saturated rings. The minimum atomic E-state index is -2.57. The summed E-state index contributed by atoms with van der Waals surface area (Å²) in [6, 6.07) is 3.76. The second-order valence-electron chi connectivity index (χ2n) is 6.56. The SMILES string of the molecule is Cc1cc(C)n(-c2ccnc(N3CCC4(CC(C(F)F)=NO4)C3)n2)n1. The molecule has 2 aliphatic heterocycles. The van der Waals surface area contributed by atoms with Crippen LogP contribution in [0.1, 0.15) is 24.2 Å². The van der Waals surface area contributed by atoms with Crippen molar-refractivity contribution in [2.24, 2.45) is 5.16 Å². The summed E-state index contributed by atoms with van der Waals surface area (Å²) >= 11 is 0. The van der Waals surface area contributed by atoms with Crippen LogP contribution in [0.15, 0.2) is 23.5 Å². The van der Waals surface area contributed by atoms with Crippen LogP contribution in [0.2, 0.25) is 0 Å². The van der Waals surface area contributed by atoms with Crippen molar-refractivity contribution in [1.29, 1.82) is 0 Å². The Kier molecular flexibility index (Phi) is 3.66. The van der Waals surface area contributed by atoms with Crippen molar-refractivity contribution in [3.63, 3.8) is 0 Å². The molecule has 0 saturated carbocycles. The smallest absolute Gasteiger partial charge is 0.279 e. The number of hydrogen-bond donors (Lipinski definition) is 0. The lowest BCUT2D eigenvalue weighted by Crippen LogP contribution is -2.34. The van der Waals surface area contributed by atoms with E-state index in [1.54, 1.807) is 16.9 Å². The van der Waals surface area contributed by atoms with Gasteiger partial charge in [-0.3, -0.25) is 0 Å². The first-order valence-electron chi connectivity index (χ1n) is 8.10. The molecule has 0 aliphatic carbocycles. The molecule has 1 unspecified atom stereocenters. The first kappa shape index (κ1) is 15.9. The second kappa shape index (κ2) is 5.75. The highest BCUT2D eigenvalue weighted by Crippen LogP contribution is 2.36. The van der Waals surface area contributed by atoms with E-state index >= 15 is 0 Å². The van der Waals surface area contributed by atoms with E-state index in [0.29, 0.717) is 31.3 Å². The quantitative estimate of drug-likeness (QED) is 0.851. The third kappa shape index (κ3) is 2.83. The molecule has 0 amide bonds. The van der Waals surface area contributed by atoms with Crippen LogP contribution < -0.4 is 4.90 Å². The van der Waals surface area contributed by atoms with Crippen LogP contribution >= 0.6 is 0 Å². The van der Waals surface area contributed by atoms with Gasteiger partial charge in [-0.2, -0.15) is 10.1 Å². The highest BCUT2D eigenvalue weighted by atomic mass is 19.3. The van der Waals surface area contributed by atoms with E-state index in [1.807, 2.05) is 24.8 Å². The Morgan fingerprint density at radius 3 is 2.84 bits per heavy atom. The third-order valence-electron chi connectivity index (χ3n) is 4.57. The number of aromatic nitrogens is 4. The molecule has 2 aromatic heterocycles. The summed E-state index contributed by atoms with van der Waals surface area (Å²) in [5.74, 6) is 1.21. The van der Waals surface area contributed by atoms with Gasteiger partial charge in [-0.1, -0.05) is 5.16 Å². The van der Waals surface area contributed by atoms with Crippen molar-refractivity contribution in [3.05, 3.63) is 29.7 Å². The van der Waals surface area contributed by atoms with Crippen molar-refractivity contribution in [3.8, 4) is 5.82 Å². The van der Waals surface area contributed by atoms with Gasteiger partial charge in [0.05, 0.1) is 12.2 Å². The summed E-state index contributed by atoms with van der Waals surface area (Å²) in [6.07, 6.45) is -0.132. The first-order chi connectivity index (χ1) is 12.0. The summed E-state index contributed by atoms with van der Waals surface area (Å²) in [4.78, 5) is 16.2. The normalized spacial score (nSPS) is 22.8. The molecule has 0 N–H and O–H groups in total. The highest BCUT2D eigenvalue weighted by molar-refractivity contribution is 5.89. The molecule has 0 aromatic carbocycles. The minimum absolute atomic E-state index is 0.151. The molecule has 7 nitrogen and oxygen atoms in total. The predicted octanol–water partition coefficient (Wildman–Crippen LogP) is 2.27. The summed E-state index contributed by atoms with van der Waals surface area (Å²) < 4.78 is 27.4. The van der Waals surface area contributed by atoms with E-state index < -0.39 is 12.0 Å². The Labute approximate surface area is 143 Å². The van der Waals surface area contributed by atoms with Crippen LogP contribution in [-0.2, 0) is 4.84 Å². The fourth-order valence-corrected chi connectivity index (χ4v) is 3.37. The number of alkyl halides is 2. The summed E-state index contributed by atoms with van der Waals surface area (Å²) in [7, 11) is 0. The number of nitrogens with zero attached hydrogens (tertiary/aromatic N) is 6. The summed E-state index contributed by atoms with van der Waals surface area (Å²) in [6.45, 7) is 4.95. The average molecular weight is 348 g/mol. The summed E-state index contributed by atoms with van der Waals surface area (Å²) in [5, 5.41) is 7.99. The van der Waals surface area contributed by atoms with Gasteiger partial charge in [0.1, 0.15) is 5.71 Å². The number of hydrogen-bond acceptors (Lipinski definition) is 6. The highest BCUT2D eigenvalue weighted by Gasteiger charge is 2.47. The molecule has 1 atom stereocenters. The van der Waals surface area contributed by atoms with E-state index in [4.69, 9.17) is 4.84 Å². The Bertz CT molecular complexity index is 836. The lowest BCUT2D eigenvalue weighted by atomic mass is 9.97. The van der Waals surface area contributed by atoms with E-state index in [9.17, 15) is 8.78 Å². The Balaban J connectivity index is 1.54. The number of aryl methyl sites for hydroxylation is 2. The molecule has 132 valence electrons. The maximum Gasteiger partial charge on any atom is 0.279 e. The zero-order chi connectivity index (χ0) is 17.6. The molecule has 2 aromatic rings. The lowest BCUT2D eigenvalue weighted by Gasteiger charge is -2.21. The van der Waals surface area contributed by atoms with Crippen LogP contribution in [0, 0.1) is 13.8 Å². The second-order valence-corrected chi connectivity index (χ2v) is 6.56. The van der Waals surface area contributed by atoms with Crippen molar-refractivity contribution >= 4 is 11.7 Å². The molecule has 1 saturated heterocycles. The van der Waals surface area contributed by atoms with E-state index in [1.165, 1.54) is 0 Å². The molecule has 1 spiro atoms. The molecular formula is C16H18F2N6O. The molecular weight excluding hydrogens is 330 g/mol. The Morgan fingerprint density at radius 1 is 1.32 bits per heavy atom. The number of anilines is 1. The van der Waals surface area contributed by atoms with Crippen LogP contribution in [-0.4, -0.2) is 50.6 Å². The molecule has 2 aliphatic rings. The zero-order valence-corrected chi connectivity index (χ0v) is 14.0. The van der Waals surface area contributed by atoms with Crippen molar-refractivity contribution < 1.29 is 13.6 Å². The molecule has 0 bridgehead atoms. The van der Waals surface area contributed by atoms with Crippen LogP contribution in [0.25, 0.3) is 5.82 Å². The predicted molar refractivity (Wildman–Crippen MR) is 87.3 cm³/mol. The van der Waals surface area contributed by atoms with Gasteiger partial charge in [0.2, 0.25) is 5.95 Å². The van der Waals surface area contributed by atoms with Gasteiger partial charge in [-0.05, 0) is 19.9 Å². The fourth-order valence-electron chi connectivity index (χ4n) is 3.37. The van der Waals surface area contributed by atoms with Gasteiger partial charge in [0.25, 0.3) is 6.43 Å². The van der Waals surface area contributed by atoms with Gasteiger partial charge in [-0.15, -0.1) is 0 Å². The molecule has 0 radical (unpaired) electrons. The van der Waals surface area contributed by atoms with E-state index in [-0.39, 0.29) is 12.1 Å². The zero-order valence-electron chi connectivity index (χ0n) is 14.0. The van der Waals surface area contributed by atoms with Crippen molar-refractivity contribution in [2.75, 3.05) is 18.0 Å². The van der Waals surface area contributed by atoms with Gasteiger partial charge < -0.3 is 9.74 Å². The summed E-state index contributed by atoms with van der Waals surface area (Å²) in [5.41, 5.74) is 1.02. The van der Waals surface area contributed by atoms with Crippen molar-refractivity contribution in [2.45, 2.75) is 38.7 Å². The van der Waals surface area contributed by atoms with E-state index in [2.05, 4.69) is 20.2 Å². The first-order valence-corrected chi connectivity index (χ1v) is 8.10. The van der Waals surface area contributed by atoms with E-state index in [0.717, 1.165) is 11.4 Å². The van der Waals surface area contributed by atoms with Gasteiger partial charge in [0.15, 0.2) is 11.4 Å². The lowest BCUT2D eigenvalue weighted by molar-refractivity contribution is -0.000582. The molecule has 25 heavy (non-hydrogen) atoms. The molecule has 4 heterocycles. The largest absolute Gasteiger partial charge is 0.387 e. The molecule has 9 heteroatoms. The maximum atomic E-state index is 12.8. The topological polar surface area (TPSA) is 68.4 Å². The van der Waals surface area contributed by atoms with Gasteiger partial charge in [0, 0.05) is 37.3 Å². The maximum absolute atomic E-state index is 12.8. The number of oxime groups is 1. The Morgan fingerprint density at radius 2 is 2.16 bits per heavy atom. The number of halogens is 2. The van der Waals surface area contributed by atoms with Gasteiger partial charge in [-0.25, -0.2) is 18.4 Å². The fraction of sp³-hybridized carbons (Fsp3) is 0.500. The van der Waals surface area contributed by atoms with Crippen LogP contribution in [0.5, 0.6) is 0 Å². The Hall–Kier alpha value is -2.58. The van der Waals surface area contributed by atoms with Crippen molar-refractivity contribution in [1.82, 2.24) is 19.7 Å². The van der Waals surface area contributed by atoms with Crippen LogP contribution in [0.3, 0.4) is 0 Å². The molecule has 4 rings (SSSR count). The number of rotatable bonds is 3. The standard InChI is InChI=1S/C16H18F2N6O/c1-10-7-11(2)24(21-10)13-3-5-19-15(20-13)23-6-4-16(9-23)8-12(14(17)18)22-25-16/h3,5,7,14H,4,6,8-9H2,1-2H3. The third-order valence-corrected chi connectivity index (χ3v) is 4.57.